The summed E-state index contributed by atoms with van der Waals surface area (Å²) in [6.45, 7) is 1.83. The third kappa shape index (κ3) is 4.28. The van der Waals surface area contributed by atoms with Crippen LogP contribution in [0.2, 0.25) is 0 Å². The van der Waals surface area contributed by atoms with E-state index in [0.29, 0.717) is 16.3 Å². The van der Waals surface area contributed by atoms with Gasteiger partial charge in [0, 0.05) is 0 Å². The van der Waals surface area contributed by atoms with Crippen LogP contribution in [0.1, 0.15) is 17.6 Å². The lowest BCUT2D eigenvalue weighted by atomic mass is 10.2. The molecule has 4 nitrogen and oxygen atoms in total. The van der Waals surface area contributed by atoms with Gasteiger partial charge in [0.2, 0.25) is 0 Å². The predicted molar refractivity (Wildman–Crippen MR) is 96.2 cm³/mol. The highest BCUT2D eigenvalue weighted by atomic mass is 32.1. The van der Waals surface area contributed by atoms with Crippen molar-refractivity contribution >= 4 is 23.4 Å². The van der Waals surface area contributed by atoms with E-state index in [1.807, 2.05) is 37.3 Å². The average molecular weight is 336 g/mol. The van der Waals surface area contributed by atoms with Crippen LogP contribution in [0.25, 0.3) is 16.5 Å². The van der Waals surface area contributed by atoms with E-state index in [2.05, 4.69) is 11.1 Å². The molecule has 0 radical (unpaired) electrons. The van der Waals surface area contributed by atoms with Crippen molar-refractivity contribution in [3.05, 3.63) is 70.9 Å². The molecule has 0 atom stereocenters. The number of aromatic nitrogens is 1. The third-order valence-electron chi connectivity index (χ3n) is 3.07. The summed E-state index contributed by atoms with van der Waals surface area (Å²) in [7, 11) is 1.34. The van der Waals surface area contributed by atoms with Crippen molar-refractivity contribution in [2.24, 2.45) is 0 Å². The Kier molecular flexibility index (Phi) is 6.23. The van der Waals surface area contributed by atoms with Crippen LogP contribution in [0.3, 0.4) is 0 Å². The maximum absolute atomic E-state index is 11.6. The average Bonchev–Trinajstić information content (AvgIpc) is 3.04. The third-order valence-corrected chi connectivity index (χ3v) is 4.14. The lowest BCUT2D eigenvalue weighted by Crippen LogP contribution is -2.01. The zero-order valence-corrected chi connectivity index (χ0v) is 14.2. The number of methoxy groups -OCH3 is 1. The fraction of sp³-hybridized carbons (Fsp3) is 0.105. The summed E-state index contributed by atoms with van der Waals surface area (Å²) in [5.74, 6) is -0.403. The second kappa shape index (κ2) is 8.61. The summed E-state index contributed by atoms with van der Waals surface area (Å²) in [5.41, 5.74) is 1.80. The molecule has 5 heteroatoms. The van der Waals surface area contributed by atoms with Crippen LogP contribution >= 0.6 is 11.3 Å². The normalized spacial score (nSPS) is 11.8. The molecule has 0 N–H and O–H groups in total. The Morgan fingerprint density at radius 1 is 1.33 bits per heavy atom. The number of esters is 1. The van der Waals surface area contributed by atoms with Gasteiger partial charge >= 0.3 is 5.97 Å². The van der Waals surface area contributed by atoms with Gasteiger partial charge in [0.15, 0.2) is 5.69 Å². The number of thiazole rings is 1. The zero-order chi connectivity index (χ0) is 17.4. The van der Waals surface area contributed by atoms with Gasteiger partial charge in [-0.3, -0.25) is 0 Å². The van der Waals surface area contributed by atoms with Gasteiger partial charge in [-0.05, 0) is 24.6 Å². The standard InChI is InChI=1S/C19H16N2O2S/c1-3-8-15(19(22)23-2)11-7-12-17-21-16(13-20)18(24-17)14-9-5-4-6-10-14/h3-12H,1-2H3/b8-3-,12-7+,15-11+. The van der Waals surface area contributed by atoms with E-state index >= 15 is 0 Å². The van der Waals surface area contributed by atoms with Gasteiger partial charge < -0.3 is 4.74 Å². The number of hydrogen-bond acceptors (Lipinski definition) is 5. The Balaban J connectivity index is 2.29. The SMILES string of the molecule is C\C=C/C(=C\C=C\c1nc(C#N)c(-c2ccccc2)s1)C(=O)OC. The molecule has 0 aliphatic heterocycles. The Hall–Kier alpha value is -2.97. The smallest absolute Gasteiger partial charge is 0.337 e. The van der Waals surface area contributed by atoms with Gasteiger partial charge in [-0.25, -0.2) is 9.78 Å². The molecule has 0 aliphatic rings. The van der Waals surface area contributed by atoms with E-state index in [9.17, 15) is 10.1 Å². The summed E-state index contributed by atoms with van der Waals surface area (Å²) < 4.78 is 4.72. The fourth-order valence-electron chi connectivity index (χ4n) is 1.99. The highest BCUT2D eigenvalue weighted by Gasteiger charge is 2.11. The van der Waals surface area contributed by atoms with Gasteiger partial charge in [-0.15, -0.1) is 11.3 Å². The molecule has 0 fully saturated rings. The highest BCUT2D eigenvalue weighted by molar-refractivity contribution is 7.16. The summed E-state index contributed by atoms with van der Waals surface area (Å²) >= 11 is 1.43. The first-order valence-electron chi connectivity index (χ1n) is 7.25. The predicted octanol–water partition coefficient (Wildman–Crippen LogP) is 4.37. The van der Waals surface area contributed by atoms with Gasteiger partial charge in [-0.1, -0.05) is 48.6 Å². The number of benzene rings is 1. The maximum Gasteiger partial charge on any atom is 0.337 e. The minimum Gasteiger partial charge on any atom is -0.465 e. The Bertz CT molecular complexity index is 840. The summed E-state index contributed by atoms with van der Waals surface area (Å²) in [5, 5.41) is 9.97. The van der Waals surface area contributed by atoms with Gasteiger partial charge in [0.1, 0.15) is 11.1 Å². The largest absolute Gasteiger partial charge is 0.465 e. The van der Waals surface area contributed by atoms with E-state index < -0.39 is 5.97 Å². The molecule has 1 heterocycles. The minimum absolute atomic E-state index is 0.400. The van der Waals surface area contributed by atoms with E-state index in [0.717, 1.165) is 10.4 Å². The Labute approximate surface area is 145 Å². The molecule has 0 amide bonds. The number of carbonyl (C=O) groups is 1. The number of hydrogen-bond donors (Lipinski definition) is 0. The minimum atomic E-state index is -0.403. The van der Waals surface area contributed by atoms with Gasteiger partial charge in [0.05, 0.1) is 17.6 Å². The molecule has 0 bridgehead atoms. The maximum atomic E-state index is 11.6. The molecular weight excluding hydrogens is 320 g/mol. The zero-order valence-electron chi connectivity index (χ0n) is 13.4. The van der Waals surface area contributed by atoms with Crippen molar-refractivity contribution in [3.8, 4) is 16.5 Å². The summed E-state index contributed by atoms with van der Waals surface area (Å²) in [6.07, 6.45) is 8.59. The van der Waals surface area contributed by atoms with E-state index in [1.165, 1.54) is 18.4 Å². The molecule has 0 aliphatic carbocycles. The molecule has 0 saturated carbocycles. The van der Waals surface area contributed by atoms with Crippen molar-refractivity contribution < 1.29 is 9.53 Å². The molecule has 2 aromatic rings. The van der Waals surface area contributed by atoms with Crippen LogP contribution in [0.15, 0.2) is 60.2 Å². The second-order valence-electron chi connectivity index (χ2n) is 4.68. The topological polar surface area (TPSA) is 63.0 Å². The lowest BCUT2D eigenvalue weighted by molar-refractivity contribution is -0.135. The highest BCUT2D eigenvalue weighted by Crippen LogP contribution is 2.30. The molecular formula is C19H16N2O2S. The number of carbonyl (C=O) groups excluding carboxylic acids is 1. The van der Waals surface area contributed by atoms with Crippen LogP contribution in [-0.4, -0.2) is 18.1 Å². The van der Waals surface area contributed by atoms with Crippen LogP contribution in [-0.2, 0) is 9.53 Å². The number of nitrogens with zero attached hydrogens (tertiary/aromatic N) is 2. The Morgan fingerprint density at radius 2 is 2.08 bits per heavy atom. The van der Waals surface area contributed by atoms with Gasteiger partial charge in [0.25, 0.3) is 0 Å². The van der Waals surface area contributed by atoms with Crippen LogP contribution in [0.4, 0.5) is 0 Å². The molecule has 120 valence electrons. The molecule has 24 heavy (non-hydrogen) atoms. The molecule has 1 aromatic heterocycles. The number of allylic oxidation sites excluding steroid dienone is 3. The van der Waals surface area contributed by atoms with Crippen molar-refractivity contribution in [2.45, 2.75) is 6.92 Å². The van der Waals surface area contributed by atoms with Gasteiger partial charge in [-0.2, -0.15) is 5.26 Å². The first-order valence-corrected chi connectivity index (χ1v) is 8.07. The first-order chi connectivity index (χ1) is 11.7. The summed E-state index contributed by atoms with van der Waals surface area (Å²) in [4.78, 5) is 16.8. The fourth-order valence-corrected chi connectivity index (χ4v) is 2.93. The molecule has 0 saturated heterocycles. The van der Waals surface area contributed by atoms with E-state index in [4.69, 9.17) is 4.74 Å². The summed E-state index contributed by atoms with van der Waals surface area (Å²) in [6, 6.07) is 11.8. The molecule has 2 rings (SSSR count). The van der Waals surface area contributed by atoms with Crippen LogP contribution in [0.5, 0.6) is 0 Å². The van der Waals surface area contributed by atoms with E-state index in [-0.39, 0.29) is 0 Å². The van der Waals surface area contributed by atoms with E-state index in [1.54, 1.807) is 30.4 Å². The van der Waals surface area contributed by atoms with Crippen molar-refractivity contribution in [1.29, 1.82) is 5.26 Å². The van der Waals surface area contributed by atoms with Crippen LogP contribution in [0, 0.1) is 11.3 Å². The van der Waals surface area contributed by atoms with Crippen LogP contribution < -0.4 is 0 Å². The second-order valence-corrected chi connectivity index (χ2v) is 5.71. The molecule has 1 aromatic carbocycles. The lowest BCUT2D eigenvalue weighted by Gasteiger charge is -1.97. The number of ether oxygens (including phenoxy) is 1. The quantitative estimate of drug-likeness (QED) is 0.462. The number of nitriles is 1. The van der Waals surface area contributed by atoms with Crippen molar-refractivity contribution in [1.82, 2.24) is 4.98 Å². The molecule has 0 unspecified atom stereocenters. The number of rotatable bonds is 5. The monoisotopic (exact) mass is 336 g/mol. The first kappa shape index (κ1) is 17.4. The van der Waals surface area contributed by atoms with Crippen molar-refractivity contribution in [3.63, 3.8) is 0 Å². The Morgan fingerprint density at radius 3 is 2.71 bits per heavy atom. The molecule has 0 spiro atoms. The van der Waals surface area contributed by atoms with Crippen molar-refractivity contribution in [2.75, 3.05) is 7.11 Å².